The van der Waals surface area contributed by atoms with Crippen LogP contribution in [0.25, 0.3) is 0 Å². The Morgan fingerprint density at radius 3 is 2.90 bits per heavy atom. The fourth-order valence-corrected chi connectivity index (χ4v) is 3.92. The van der Waals surface area contributed by atoms with Crippen LogP contribution in [-0.4, -0.2) is 28.0 Å². The maximum atomic E-state index is 12.4. The number of ether oxygens (including phenoxy) is 1. The molecule has 0 bridgehead atoms. The number of aromatic nitrogens is 2. The van der Waals surface area contributed by atoms with Crippen LogP contribution in [0.15, 0.2) is 61.2 Å². The monoisotopic (exact) mass is 418 g/mol. The first-order valence-corrected chi connectivity index (χ1v) is 10.5. The molecule has 0 saturated heterocycles. The highest BCUT2D eigenvalue weighted by Gasteiger charge is 2.28. The van der Waals surface area contributed by atoms with Crippen LogP contribution in [0.5, 0.6) is 5.75 Å². The maximum Gasteiger partial charge on any atom is 0.225 e. The molecule has 1 aliphatic heterocycles. The second-order valence-electron chi connectivity index (χ2n) is 7.68. The van der Waals surface area contributed by atoms with Crippen molar-refractivity contribution in [2.24, 2.45) is 0 Å². The van der Waals surface area contributed by atoms with Gasteiger partial charge in [-0.15, -0.1) is 0 Å². The number of nitrogens with one attached hydrogen (secondary N) is 2. The highest BCUT2D eigenvalue weighted by Crippen LogP contribution is 2.41. The van der Waals surface area contributed by atoms with Gasteiger partial charge in [-0.25, -0.2) is 4.98 Å². The molecule has 1 atom stereocenters. The SMILES string of the molecule is CC(=O)Nc1ccc2c(c1)NC(=O)CC2c1ccccc1OCCCCn1ccnc1. The van der Waals surface area contributed by atoms with Crippen molar-refractivity contribution in [3.05, 3.63) is 72.3 Å². The summed E-state index contributed by atoms with van der Waals surface area (Å²) in [6.07, 6.45) is 7.84. The van der Waals surface area contributed by atoms with Crippen molar-refractivity contribution in [1.82, 2.24) is 9.55 Å². The maximum absolute atomic E-state index is 12.4. The lowest BCUT2D eigenvalue weighted by atomic mass is 9.84. The van der Waals surface area contributed by atoms with Crippen molar-refractivity contribution in [3.8, 4) is 5.75 Å². The summed E-state index contributed by atoms with van der Waals surface area (Å²) in [7, 11) is 0. The van der Waals surface area contributed by atoms with Crippen molar-refractivity contribution >= 4 is 23.2 Å². The van der Waals surface area contributed by atoms with Gasteiger partial charge in [-0.3, -0.25) is 9.59 Å². The molecule has 1 aromatic heterocycles. The summed E-state index contributed by atoms with van der Waals surface area (Å²) in [6.45, 7) is 2.99. The van der Waals surface area contributed by atoms with Crippen LogP contribution in [-0.2, 0) is 16.1 Å². The summed E-state index contributed by atoms with van der Waals surface area (Å²) >= 11 is 0. The third-order valence-corrected chi connectivity index (χ3v) is 5.33. The van der Waals surface area contributed by atoms with E-state index in [0.717, 1.165) is 42.0 Å². The standard InChI is InChI=1S/C24H26N4O3/c1-17(29)26-18-8-9-19-21(15-24(30)27-22(19)14-18)20-6-2-3-7-23(20)31-13-5-4-11-28-12-10-25-16-28/h2-3,6-10,12,14,16,21H,4-5,11,13,15H2,1H3,(H,26,29)(H,27,30). The Balaban J connectivity index is 1.48. The molecule has 0 radical (unpaired) electrons. The highest BCUT2D eigenvalue weighted by atomic mass is 16.5. The van der Waals surface area contributed by atoms with E-state index < -0.39 is 0 Å². The van der Waals surface area contributed by atoms with E-state index in [0.29, 0.717) is 18.7 Å². The van der Waals surface area contributed by atoms with Gasteiger partial charge in [0.25, 0.3) is 0 Å². The van der Waals surface area contributed by atoms with E-state index in [-0.39, 0.29) is 17.7 Å². The lowest BCUT2D eigenvalue weighted by Gasteiger charge is -2.28. The number of hydrogen-bond donors (Lipinski definition) is 2. The zero-order chi connectivity index (χ0) is 21.6. The number of aryl methyl sites for hydroxylation is 1. The number of imidazole rings is 1. The third-order valence-electron chi connectivity index (χ3n) is 5.33. The van der Waals surface area contributed by atoms with Crippen molar-refractivity contribution in [3.63, 3.8) is 0 Å². The van der Waals surface area contributed by atoms with E-state index in [2.05, 4.69) is 20.2 Å². The van der Waals surface area contributed by atoms with E-state index in [9.17, 15) is 9.59 Å². The van der Waals surface area contributed by atoms with Crippen LogP contribution >= 0.6 is 0 Å². The molecular weight excluding hydrogens is 392 g/mol. The fourth-order valence-electron chi connectivity index (χ4n) is 3.92. The number of rotatable bonds is 8. The van der Waals surface area contributed by atoms with Gasteiger partial charge in [-0.1, -0.05) is 24.3 Å². The minimum absolute atomic E-state index is 0.0485. The van der Waals surface area contributed by atoms with Crippen LogP contribution in [0.1, 0.15) is 43.2 Å². The zero-order valence-electron chi connectivity index (χ0n) is 17.5. The molecule has 0 saturated carbocycles. The highest BCUT2D eigenvalue weighted by molar-refractivity contribution is 5.97. The predicted molar refractivity (Wildman–Crippen MR) is 119 cm³/mol. The molecule has 3 aromatic rings. The number of carbonyl (C=O) groups excluding carboxylic acids is 2. The summed E-state index contributed by atoms with van der Waals surface area (Å²) in [6, 6.07) is 13.5. The van der Waals surface area contributed by atoms with Gasteiger partial charge in [-0.05, 0) is 36.6 Å². The van der Waals surface area contributed by atoms with Crippen LogP contribution in [0, 0.1) is 0 Å². The van der Waals surface area contributed by atoms with Gasteiger partial charge in [0, 0.05) is 55.1 Å². The topological polar surface area (TPSA) is 85.3 Å². The van der Waals surface area contributed by atoms with Crippen molar-refractivity contribution in [2.45, 2.75) is 38.6 Å². The van der Waals surface area contributed by atoms with Gasteiger partial charge >= 0.3 is 0 Å². The van der Waals surface area contributed by atoms with Crippen LogP contribution in [0.4, 0.5) is 11.4 Å². The molecule has 7 heteroatoms. The quantitative estimate of drug-likeness (QED) is 0.538. The first kappa shape index (κ1) is 20.7. The van der Waals surface area contributed by atoms with Gasteiger partial charge < -0.3 is 19.9 Å². The van der Waals surface area contributed by atoms with E-state index >= 15 is 0 Å². The molecule has 2 aromatic carbocycles. The van der Waals surface area contributed by atoms with Crippen LogP contribution in [0.2, 0.25) is 0 Å². The minimum Gasteiger partial charge on any atom is -0.493 e. The van der Waals surface area contributed by atoms with Gasteiger partial charge in [0.15, 0.2) is 0 Å². The number of hydrogen-bond acceptors (Lipinski definition) is 4. The average Bonchev–Trinajstić information content (AvgIpc) is 3.26. The molecule has 0 aliphatic carbocycles. The fraction of sp³-hybridized carbons (Fsp3) is 0.292. The Morgan fingerprint density at radius 2 is 2.10 bits per heavy atom. The Labute approximate surface area is 181 Å². The molecule has 2 amide bonds. The summed E-state index contributed by atoms with van der Waals surface area (Å²) in [4.78, 5) is 27.8. The molecule has 1 aliphatic rings. The second-order valence-corrected chi connectivity index (χ2v) is 7.68. The molecule has 7 nitrogen and oxygen atoms in total. The number of anilines is 2. The Hall–Kier alpha value is -3.61. The van der Waals surface area contributed by atoms with E-state index in [4.69, 9.17) is 4.74 Å². The van der Waals surface area contributed by atoms with Gasteiger partial charge in [-0.2, -0.15) is 0 Å². The summed E-state index contributed by atoms with van der Waals surface area (Å²) in [5.74, 6) is 0.511. The molecule has 1 unspecified atom stereocenters. The molecule has 2 heterocycles. The zero-order valence-corrected chi connectivity index (χ0v) is 17.5. The number of carbonyl (C=O) groups is 2. The van der Waals surface area contributed by atoms with Crippen LogP contribution < -0.4 is 15.4 Å². The Morgan fingerprint density at radius 1 is 1.23 bits per heavy atom. The summed E-state index contributed by atoms with van der Waals surface area (Å²) in [5, 5.41) is 5.69. The number of nitrogens with zero attached hydrogens (tertiary/aromatic N) is 2. The van der Waals surface area contributed by atoms with E-state index in [1.807, 2.05) is 48.9 Å². The normalized spacial score (nSPS) is 15.1. The second kappa shape index (κ2) is 9.47. The first-order chi connectivity index (χ1) is 15.1. The van der Waals surface area contributed by atoms with Crippen LogP contribution in [0.3, 0.4) is 0 Å². The van der Waals surface area contributed by atoms with Crippen molar-refractivity contribution in [2.75, 3.05) is 17.2 Å². The average molecular weight is 418 g/mol. The number of para-hydroxylation sites is 1. The number of benzene rings is 2. The Kier molecular flexibility index (Phi) is 6.31. The smallest absolute Gasteiger partial charge is 0.225 e. The lowest BCUT2D eigenvalue weighted by molar-refractivity contribution is -0.116. The molecule has 2 N–H and O–H groups in total. The van der Waals surface area contributed by atoms with Gasteiger partial charge in [0.1, 0.15) is 5.75 Å². The van der Waals surface area contributed by atoms with Gasteiger partial charge in [0.2, 0.25) is 11.8 Å². The molecule has 31 heavy (non-hydrogen) atoms. The molecular formula is C24H26N4O3. The van der Waals surface area contributed by atoms with Crippen molar-refractivity contribution < 1.29 is 14.3 Å². The summed E-state index contributed by atoms with van der Waals surface area (Å²) in [5.41, 5.74) is 3.41. The Bertz CT molecular complexity index is 1060. The molecule has 160 valence electrons. The molecule has 0 spiro atoms. The molecule has 0 fully saturated rings. The number of fused-ring (bicyclic) bond motifs is 1. The van der Waals surface area contributed by atoms with E-state index in [1.54, 1.807) is 12.3 Å². The summed E-state index contributed by atoms with van der Waals surface area (Å²) < 4.78 is 8.18. The predicted octanol–water partition coefficient (Wildman–Crippen LogP) is 4.17. The first-order valence-electron chi connectivity index (χ1n) is 10.5. The molecule has 4 rings (SSSR count). The van der Waals surface area contributed by atoms with E-state index in [1.165, 1.54) is 6.92 Å². The lowest BCUT2D eigenvalue weighted by Crippen LogP contribution is -2.24. The third kappa shape index (κ3) is 5.12. The number of unbranched alkanes of at least 4 members (excludes halogenated alkanes) is 1. The van der Waals surface area contributed by atoms with Crippen molar-refractivity contribution in [1.29, 1.82) is 0 Å². The minimum atomic E-state index is -0.148. The van der Waals surface area contributed by atoms with Gasteiger partial charge in [0.05, 0.1) is 12.9 Å². The number of amides is 2. The largest absolute Gasteiger partial charge is 0.493 e.